The number of halogens is 3. The maximum Gasteiger partial charge on any atom is 0.427 e. The Morgan fingerprint density at radius 3 is 2.31 bits per heavy atom. The standard InChI is InChI=1S/C8H6F3NS/c9-8(10,11)6-12-13-7-4-2-1-3-5-7/h1-6H/b12-6+. The van der Waals surface area contributed by atoms with Crippen LogP contribution in [-0.4, -0.2) is 12.4 Å². The Labute approximate surface area is 77.8 Å². The summed E-state index contributed by atoms with van der Waals surface area (Å²) in [5.74, 6) is 0. The molecule has 1 nitrogen and oxygen atoms in total. The van der Waals surface area contributed by atoms with Crippen molar-refractivity contribution < 1.29 is 13.2 Å². The lowest BCUT2D eigenvalue weighted by molar-refractivity contribution is -0.0533. The van der Waals surface area contributed by atoms with Crippen LogP contribution in [0.1, 0.15) is 0 Å². The van der Waals surface area contributed by atoms with Gasteiger partial charge in [0.1, 0.15) is 6.21 Å². The number of alkyl halides is 3. The fraction of sp³-hybridized carbons (Fsp3) is 0.125. The average Bonchev–Trinajstić information content (AvgIpc) is 2.04. The van der Waals surface area contributed by atoms with Gasteiger partial charge in [-0.2, -0.15) is 13.2 Å². The van der Waals surface area contributed by atoms with Gasteiger partial charge in [0.15, 0.2) is 0 Å². The Kier molecular flexibility index (Phi) is 3.36. The van der Waals surface area contributed by atoms with Crippen LogP contribution < -0.4 is 0 Å². The van der Waals surface area contributed by atoms with Crippen LogP contribution in [0.5, 0.6) is 0 Å². The monoisotopic (exact) mass is 205 g/mol. The lowest BCUT2D eigenvalue weighted by Crippen LogP contribution is -2.07. The van der Waals surface area contributed by atoms with Crippen LogP contribution in [0.2, 0.25) is 0 Å². The molecule has 0 radical (unpaired) electrons. The molecular formula is C8H6F3NS. The van der Waals surface area contributed by atoms with Crippen molar-refractivity contribution in [3.05, 3.63) is 30.3 Å². The molecule has 1 rings (SSSR count). The molecule has 5 heteroatoms. The molecule has 0 unspecified atom stereocenters. The molecule has 0 N–H and O–H groups in total. The van der Waals surface area contributed by atoms with Crippen LogP contribution >= 0.6 is 11.9 Å². The van der Waals surface area contributed by atoms with E-state index in [4.69, 9.17) is 0 Å². The quantitative estimate of drug-likeness (QED) is 0.533. The molecule has 0 aromatic heterocycles. The van der Waals surface area contributed by atoms with Gasteiger partial charge < -0.3 is 0 Å². The highest BCUT2D eigenvalue weighted by Gasteiger charge is 2.23. The largest absolute Gasteiger partial charge is 0.427 e. The SMILES string of the molecule is FC(F)(F)/C=N/Sc1ccccc1. The fourth-order valence-electron chi connectivity index (χ4n) is 0.628. The second-order valence-corrected chi connectivity index (χ2v) is 3.05. The maximum atomic E-state index is 11.6. The van der Waals surface area contributed by atoms with Gasteiger partial charge in [-0.15, -0.1) is 0 Å². The zero-order valence-electron chi connectivity index (χ0n) is 6.45. The average molecular weight is 205 g/mol. The molecule has 0 aliphatic rings. The first-order chi connectivity index (χ1) is 6.08. The molecule has 1 aromatic carbocycles. The van der Waals surface area contributed by atoms with E-state index >= 15 is 0 Å². The zero-order chi connectivity index (χ0) is 9.73. The third-order valence-corrected chi connectivity index (χ3v) is 1.79. The molecule has 0 aliphatic carbocycles. The van der Waals surface area contributed by atoms with Crippen molar-refractivity contribution in [3.63, 3.8) is 0 Å². The normalized spacial score (nSPS) is 12.2. The Morgan fingerprint density at radius 1 is 1.15 bits per heavy atom. The van der Waals surface area contributed by atoms with Crippen molar-refractivity contribution in [2.24, 2.45) is 4.40 Å². The Balaban J connectivity index is 2.49. The minimum Gasteiger partial charge on any atom is -0.214 e. The van der Waals surface area contributed by atoms with Crippen molar-refractivity contribution in [3.8, 4) is 0 Å². The summed E-state index contributed by atoms with van der Waals surface area (Å²) in [6.07, 6.45) is -4.35. The topological polar surface area (TPSA) is 12.4 Å². The third-order valence-electron chi connectivity index (χ3n) is 1.10. The fourth-order valence-corrected chi connectivity index (χ4v) is 1.20. The molecular weight excluding hydrogens is 199 g/mol. The summed E-state index contributed by atoms with van der Waals surface area (Å²) in [5, 5.41) is 0. The van der Waals surface area contributed by atoms with Gasteiger partial charge in [0.05, 0.1) is 0 Å². The number of rotatable bonds is 2. The summed E-state index contributed by atoms with van der Waals surface area (Å²) in [6, 6.07) is 8.66. The third kappa shape index (κ3) is 4.57. The van der Waals surface area contributed by atoms with Gasteiger partial charge in [-0.1, -0.05) is 18.2 Å². The summed E-state index contributed by atoms with van der Waals surface area (Å²) in [4.78, 5) is 0.683. The number of hydrogen-bond acceptors (Lipinski definition) is 2. The summed E-state index contributed by atoms with van der Waals surface area (Å²) < 4.78 is 38.0. The Morgan fingerprint density at radius 2 is 1.77 bits per heavy atom. The van der Waals surface area contributed by atoms with Crippen molar-refractivity contribution in [2.75, 3.05) is 0 Å². The molecule has 0 bridgehead atoms. The second-order valence-electron chi connectivity index (χ2n) is 2.18. The van der Waals surface area contributed by atoms with Gasteiger partial charge in [-0.25, -0.2) is 4.40 Å². The highest BCUT2D eigenvalue weighted by atomic mass is 32.2. The highest BCUT2D eigenvalue weighted by molar-refractivity contribution is 7.98. The van der Waals surface area contributed by atoms with E-state index in [2.05, 4.69) is 4.40 Å². The van der Waals surface area contributed by atoms with E-state index in [0.717, 1.165) is 11.9 Å². The van der Waals surface area contributed by atoms with Gasteiger partial charge in [-0.3, -0.25) is 0 Å². The van der Waals surface area contributed by atoms with E-state index in [0.29, 0.717) is 4.90 Å². The second kappa shape index (κ2) is 4.32. The maximum absolute atomic E-state index is 11.6. The van der Waals surface area contributed by atoms with Crippen molar-refractivity contribution in [2.45, 2.75) is 11.1 Å². The smallest absolute Gasteiger partial charge is 0.214 e. The molecule has 13 heavy (non-hydrogen) atoms. The van der Waals surface area contributed by atoms with Gasteiger partial charge >= 0.3 is 6.18 Å². The van der Waals surface area contributed by atoms with Crippen LogP contribution in [0.15, 0.2) is 39.6 Å². The first kappa shape index (κ1) is 10.1. The number of nitrogens with zero attached hydrogens (tertiary/aromatic N) is 1. The van der Waals surface area contributed by atoms with E-state index in [1.165, 1.54) is 0 Å². The first-order valence-corrected chi connectivity index (χ1v) is 4.18. The van der Waals surface area contributed by atoms with Crippen LogP contribution in [0.4, 0.5) is 13.2 Å². The summed E-state index contributed by atoms with van der Waals surface area (Å²) >= 11 is 0.797. The lowest BCUT2D eigenvalue weighted by Gasteiger charge is -1.96. The molecule has 0 atom stereocenters. The van der Waals surface area contributed by atoms with Crippen LogP contribution in [0, 0.1) is 0 Å². The van der Waals surface area contributed by atoms with Gasteiger partial charge in [0, 0.05) is 16.8 Å². The molecule has 0 fully saturated rings. The van der Waals surface area contributed by atoms with Crippen LogP contribution in [0.3, 0.4) is 0 Å². The number of benzene rings is 1. The van der Waals surface area contributed by atoms with E-state index in [1.807, 2.05) is 0 Å². The number of hydrogen-bond donors (Lipinski definition) is 0. The molecule has 0 amide bonds. The van der Waals surface area contributed by atoms with Gasteiger partial charge in [0.25, 0.3) is 0 Å². The predicted octanol–water partition coefficient (Wildman–Crippen LogP) is 3.33. The minimum absolute atomic E-state index is 0.0231. The van der Waals surface area contributed by atoms with Crippen LogP contribution in [0.25, 0.3) is 0 Å². The predicted molar refractivity (Wildman–Crippen MR) is 46.8 cm³/mol. The summed E-state index contributed by atoms with van der Waals surface area (Å²) in [6.45, 7) is 0. The molecule has 0 heterocycles. The van der Waals surface area contributed by atoms with E-state index in [9.17, 15) is 13.2 Å². The van der Waals surface area contributed by atoms with E-state index in [1.54, 1.807) is 30.3 Å². The van der Waals surface area contributed by atoms with E-state index in [-0.39, 0.29) is 6.21 Å². The zero-order valence-corrected chi connectivity index (χ0v) is 7.27. The molecule has 0 spiro atoms. The lowest BCUT2D eigenvalue weighted by atomic mass is 10.4. The molecule has 0 saturated heterocycles. The molecule has 70 valence electrons. The highest BCUT2D eigenvalue weighted by Crippen LogP contribution is 2.20. The van der Waals surface area contributed by atoms with Crippen molar-refractivity contribution in [1.29, 1.82) is 0 Å². The van der Waals surface area contributed by atoms with Crippen LogP contribution in [-0.2, 0) is 0 Å². The Bertz CT molecular complexity index is 281. The molecule has 1 aromatic rings. The van der Waals surface area contributed by atoms with Crippen molar-refractivity contribution in [1.82, 2.24) is 0 Å². The summed E-state index contributed by atoms with van der Waals surface area (Å²) in [7, 11) is 0. The van der Waals surface area contributed by atoms with Gasteiger partial charge in [-0.05, 0) is 12.1 Å². The first-order valence-electron chi connectivity index (χ1n) is 3.41. The molecule has 0 saturated carbocycles. The summed E-state index contributed by atoms with van der Waals surface area (Å²) in [5.41, 5.74) is 0. The Hall–Kier alpha value is -0.970. The van der Waals surface area contributed by atoms with Crippen molar-refractivity contribution >= 4 is 18.2 Å². The molecule has 0 aliphatic heterocycles. The van der Waals surface area contributed by atoms with Gasteiger partial charge in [0.2, 0.25) is 0 Å². The van der Waals surface area contributed by atoms with E-state index < -0.39 is 6.18 Å². The minimum atomic E-state index is -4.33.